The Morgan fingerprint density at radius 1 is 1.15 bits per heavy atom. The molecule has 2 aromatic carbocycles. The Hall–Kier alpha value is -4.72. The largest absolute Gasteiger partial charge is 0.508 e. The molecule has 1 aromatic heterocycles. The van der Waals surface area contributed by atoms with Crippen molar-refractivity contribution in [2.24, 2.45) is 0 Å². The van der Waals surface area contributed by atoms with Gasteiger partial charge in [-0.25, -0.2) is 8.78 Å². The molecule has 11 nitrogen and oxygen atoms in total. The Morgan fingerprint density at radius 2 is 1.93 bits per heavy atom. The number of likely N-dealkylation sites (tertiary alicyclic amines) is 1. The van der Waals surface area contributed by atoms with E-state index >= 15 is 17.6 Å². The van der Waals surface area contributed by atoms with Crippen LogP contribution in [0.15, 0.2) is 36.9 Å². The number of alkyl halides is 4. The van der Waals surface area contributed by atoms with Gasteiger partial charge in [0.05, 0.1) is 36.0 Å². The van der Waals surface area contributed by atoms with Gasteiger partial charge in [0.2, 0.25) is 5.91 Å². The van der Waals surface area contributed by atoms with E-state index in [2.05, 4.69) is 17.5 Å². The topological polar surface area (TPSA) is 115 Å². The lowest BCUT2D eigenvalue weighted by Crippen LogP contribution is -2.62. The summed E-state index contributed by atoms with van der Waals surface area (Å²) in [6.07, 6.45) is 0.0432. The van der Waals surface area contributed by atoms with Crippen molar-refractivity contribution in [3.8, 4) is 24.1 Å². The van der Waals surface area contributed by atoms with Crippen molar-refractivity contribution < 1.29 is 46.4 Å². The van der Waals surface area contributed by atoms with Crippen LogP contribution in [0.2, 0.25) is 0 Å². The molecule has 2 N–H and O–H groups in total. The minimum absolute atomic E-state index is 0.0148. The number of aliphatic hydroxyl groups excluding tert-OH is 1. The number of hydrogen-bond donors (Lipinski definition) is 2. The van der Waals surface area contributed by atoms with Gasteiger partial charge >= 0.3 is 12.2 Å². The molecule has 6 heterocycles. The number of phenolic OH excluding ortho intramolecular Hbond substituents is 1. The molecule has 5 aliphatic rings. The van der Waals surface area contributed by atoms with E-state index in [0.29, 0.717) is 65.8 Å². The number of carbonyl (C=O) groups is 1. The average Bonchev–Trinajstić information content (AvgIpc) is 3.62. The summed E-state index contributed by atoms with van der Waals surface area (Å²) in [5, 5.41) is 22.5. The van der Waals surface area contributed by atoms with Crippen molar-refractivity contribution in [1.82, 2.24) is 19.8 Å². The molecular weight excluding hydrogens is 727 g/mol. The number of amides is 1. The van der Waals surface area contributed by atoms with Crippen LogP contribution in [0.3, 0.4) is 0 Å². The van der Waals surface area contributed by atoms with Crippen LogP contribution in [0.25, 0.3) is 10.8 Å². The quantitative estimate of drug-likeness (QED) is 0.206. The molecule has 2 bridgehead atoms. The first-order valence-electron chi connectivity index (χ1n) is 18.4. The molecule has 55 heavy (non-hydrogen) atoms. The van der Waals surface area contributed by atoms with Gasteiger partial charge in [-0.3, -0.25) is 9.69 Å². The Morgan fingerprint density at radius 3 is 2.64 bits per heavy atom. The predicted octanol–water partition coefficient (Wildman–Crippen LogP) is 4.26. The molecule has 0 aliphatic carbocycles. The highest BCUT2D eigenvalue weighted by atomic mass is 19.4. The summed E-state index contributed by atoms with van der Waals surface area (Å²) in [7, 11) is 0. The lowest BCUT2D eigenvalue weighted by atomic mass is 9.93. The molecule has 5 aliphatic heterocycles. The van der Waals surface area contributed by atoms with Crippen molar-refractivity contribution >= 4 is 28.2 Å². The van der Waals surface area contributed by atoms with Gasteiger partial charge in [-0.15, -0.1) is 6.42 Å². The minimum Gasteiger partial charge on any atom is -0.508 e. The number of benzene rings is 2. The maximum atomic E-state index is 15.2. The van der Waals surface area contributed by atoms with E-state index in [4.69, 9.17) is 20.9 Å². The summed E-state index contributed by atoms with van der Waals surface area (Å²) in [6, 6.07) is 3.84. The number of anilines is 2. The van der Waals surface area contributed by atoms with E-state index in [1.807, 2.05) is 9.80 Å². The number of rotatable bonds is 7. The number of nitrogens with zero attached hydrogens (tertiary/aromatic N) is 6. The van der Waals surface area contributed by atoms with Gasteiger partial charge < -0.3 is 34.4 Å². The van der Waals surface area contributed by atoms with Crippen LogP contribution in [-0.4, -0.2) is 124 Å². The molecule has 16 heteroatoms. The van der Waals surface area contributed by atoms with Crippen molar-refractivity contribution in [2.45, 2.75) is 80.8 Å². The van der Waals surface area contributed by atoms with Gasteiger partial charge in [0.25, 0.3) is 0 Å². The summed E-state index contributed by atoms with van der Waals surface area (Å²) >= 11 is 0. The molecule has 0 saturated carbocycles. The van der Waals surface area contributed by atoms with Gasteiger partial charge in [0.1, 0.15) is 30.2 Å². The number of aliphatic hydroxyl groups is 1. The van der Waals surface area contributed by atoms with Crippen LogP contribution < -0.4 is 14.5 Å². The Balaban J connectivity index is 1.19. The van der Waals surface area contributed by atoms with Gasteiger partial charge in [0, 0.05) is 74.6 Å². The molecule has 4 saturated heterocycles. The number of terminal acetylenes is 1. The standard InChI is InChI=1S/C39H41F5N6O5/c1-3-27-29(41)6-5-22-13-26(51)15-31(35(22)27)47-10-7-28-30(19-47)45-37(46-36(28)48-18-25-14-33(52)32(20-48)50(25)34(53)4-2)55-21-38(39(42,43)44)16-23(40)17-49(38)24-8-11-54-12-9-24/h1,4-6,13,15,23-25,32-33,51-52H,2,7-12,14,16-21H2/t23-,25-,32-,33?,38+/m1/s1. The lowest BCUT2D eigenvalue weighted by molar-refractivity contribution is -0.241. The van der Waals surface area contributed by atoms with Gasteiger partial charge in [-0.2, -0.15) is 23.1 Å². The Labute approximate surface area is 314 Å². The Bertz CT molecular complexity index is 2060. The smallest absolute Gasteiger partial charge is 0.410 e. The van der Waals surface area contributed by atoms with E-state index in [1.165, 1.54) is 35.2 Å². The van der Waals surface area contributed by atoms with E-state index in [0.717, 1.165) is 0 Å². The molecule has 1 amide bonds. The number of carbonyl (C=O) groups excluding carboxylic acids is 1. The average molecular weight is 769 g/mol. The van der Waals surface area contributed by atoms with Crippen LogP contribution in [0.4, 0.5) is 33.5 Å². The highest BCUT2D eigenvalue weighted by Gasteiger charge is 2.65. The lowest BCUT2D eigenvalue weighted by Gasteiger charge is -2.44. The fraction of sp³-hybridized carbons (Fsp3) is 0.513. The monoisotopic (exact) mass is 768 g/mol. The third-order valence-electron chi connectivity index (χ3n) is 11.9. The first-order chi connectivity index (χ1) is 26.3. The Kier molecular flexibility index (Phi) is 9.54. The summed E-state index contributed by atoms with van der Waals surface area (Å²) in [5.41, 5.74) is -1.09. The third kappa shape index (κ3) is 6.39. The maximum Gasteiger partial charge on any atom is 0.410 e. The normalized spacial score (nSPS) is 27.3. The minimum atomic E-state index is -4.86. The molecule has 5 atom stereocenters. The summed E-state index contributed by atoms with van der Waals surface area (Å²) in [4.78, 5) is 28.7. The second-order valence-electron chi connectivity index (χ2n) is 15.1. The third-order valence-corrected chi connectivity index (χ3v) is 11.9. The fourth-order valence-electron chi connectivity index (χ4n) is 9.39. The fourth-order valence-corrected chi connectivity index (χ4v) is 9.39. The van der Waals surface area contributed by atoms with E-state index in [-0.39, 0.29) is 62.1 Å². The zero-order valence-corrected chi connectivity index (χ0v) is 29.9. The van der Waals surface area contributed by atoms with Crippen LogP contribution in [-0.2, 0) is 22.5 Å². The van der Waals surface area contributed by atoms with E-state index in [9.17, 15) is 19.4 Å². The predicted molar refractivity (Wildman–Crippen MR) is 192 cm³/mol. The second-order valence-corrected chi connectivity index (χ2v) is 15.1. The highest BCUT2D eigenvalue weighted by Crippen LogP contribution is 2.47. The second kappa shape index (κ2) is 14.1. The number of aromatic hydroxyl groups is 1. The first kappa shape index (κ1) is 37.2. The van der Waals surface area contributed by atoms with Crippen molar-refractivity contribution in [3.05, 3.63) is 59.6 Å². The van der Waals surface area contributed by atoms with Crippen LogP contribution in [0.5, 0.6) is 11.8 Å². The zero-order chi connectivity index (χ0) is 38.8. The molecule has 4 fully saturated rings. The maximum absolute atomic E-state index is 15.2. The number of piperazine rings is 1. The molecule has 0 radical (unpaired) electrons. The van der Waals surface area contributed by atoms with Gasteiger partial charge in [-0.05, 0) is 49.3 Å². The molecule has 1 unspecified atom stereocenters. The summed E-state index contributed by atoms with van der Waals surface area (Å²) in [6.45, 7) is 3.66. The van der Waals surface area contributed by atoms with E-state index in [1.54, 1.807) is 4.90 Å². The number of hydrogen-bond acceptors (Lipinski definition) is 10. The molecule has 0 spiro atoms. The highest BCUT2D eigenvalue weighted by molar-refractivity contribution is 6.00. The number of ether oxygens (including phenoxy) is 2. The van der Waals surface area contributed by atoms with E-state index < -0.39 is 61.5 Å². The molecule has 8 rings (SSSR count). The molecule has 3 aromatic rings. The number of phenols is 1. The van der Waals surface area contributed by atoms with Gasteiger partial charge in [-0.1, -0.05) is 18.6 Å². The van der Waals surface area contributed by atoms with Gasteiger partial charge in [0.15, 0.2) is 5.54 Å². The number of aromatic nitrogens is 2. The first-order valence-corrected chi connectivity index (χ1v) is 18.4. The van der Waals surface area contributed by atoms with Crippen LogP contribution in [0, 0.1) is 18.2 Å². The van der Waals surface area contributed by atoms with Crippen LogP contribution >= 0.6 is 0 Å². The molecule has 292 valence electrons. The van der Waals surface area contributed by atoms with Crippen molar-refractivity contribution in [3.63, 3.8) is 0 Å². The summed E-state index contributed by atoms with van der Waals surface area (Å²) < 4.78 is 87.0. The SMILES string of the molecule is C#Cc1c(F)ccc2cc(O)cc(N3CCc4c(nc(OC[C@]5(C(F)(F)F)C[C@@H](F)CN5C5CCOCC5)nc4N4C[C@H]5CC(O)[C@@H](C4)N5C(=O)C=C)C3)c12. The summed E-state index contributed by atoms with van der Waals surface area (Å²) in [5.74, 6) is 1.81. The number of halogens is 5. The zero-order valence-electron chi connectivity index (χ0n) is 29.9. The van der Waals surface area contributed by atoms with Crippen molar-refractivity contribution in [2.75, 3.05) is 55.8 Å². The van der Waals surface area contributed by atoms with Crippen molar-refractivity contribution in [1.29, 1.82) is 0 Å². The number of fused-ring (bicyclic) bond motifs is 4. The molecular formula is C39H41F5N6O5. The van der Waals surface area contributed by atoms with Crippen LogP contribution in [0.1, 0.15) is 42.5 Å².